The summed E-state index contributed by atoms with van der Waals surface area (Å²) in [4.78, 5) is 13.4. The molecular weight excluding hydrogens is 444 g/mol. The van der Waals surface area contributed by atoms with Gasteiger partial charge in [0.25, 0.3) is 15.9 Å². The molecule has 0 radical (unpaired) electrons. The molecule has 4 aromatic rings. The molecule has 0 saturated carbocycles. The zero-order valence-electron chi connectivity index (χ0n) is 16.9. The van der Waals surface area contributed by atoms with Gasteiger partial charge in [0.05, 0.1) is 23.9 Å². The standard InChI is InChI=1S/C24H20N2O4S2/c27-24(25-20-11-12-30-22-9-4-3-8-18(20)22)19-14-16-6-1-2-7-17(16)15-21(19)26-32(28,29)23-10-5-13-31-23/h1-10,13-15,20,26H,11-12H2,(H,25,27)/t20-/m0/s1. The van der Waals surface area contributed by atoms with Gasteiger partial charge in [0.2, 0.25) is 0 Å². The maximum absolute atomic E-state index is 13.4. The molecule has 5 rings (SSSR count). The van der Waals surface area contributed by atoms with E-state index in [4.69, 9.17) is 4.74 Å². The predicted octanol–water partition coefficient (Wildman–Crippen LogP) is 4.96. The zero-order valence-corrected chi connectivity index (χ0v) is 18.6. The highest BCUT2D eigenvalue weighted by molar-refractivity contribution is 7.94. The summed E-state index contributed by atoms with van der Waals surface area (Å²) in [6, 6.07) is 21.6. The summed E-state index contributed by atoms with van der Waals surface area (Å²) < 4.78 is 34.3. The third kappa shape index (κ3) is 3.94. The van der Waals surface area contributed by atoms with Crippen molar-refractivity contribution < 1.29 is 17.9 Å². The second-order valence-electron chi connectivity index (χ2n) is 7.48. The maximum Gasteiger partial charge on any atom is 0.271 e. The second kappa shape index (κ2) is 8.29. The molecule has 3 aromatic carbocycles. The number of amides is 1. The number of hydrogen-bond acceptors (Lipinski definition) is 5. The van der Waals surface area contributed by atoms with Gasteiger partial charge in [-0.05, 0) is 40.4 Å². The van der Waals surface area contributed by atoms with E-state index in [0.717, 1.165) is 33.4 Å². The van der Waals surface area contributed by atoms with E-state index < -0.39 is 10.0 Å². The first-order valence-electron chi connectivity index (χ1n) is 10.1. The number of para-hydroxylation sites is 1. The van der Waals surface area contributed by atoms with Gasteiger partial charge in [-0.2, -0.15) is 0 Å². The van der Waals surface area contributed by atoms with E-state index in [1.807, 2.05) is 48.5 Å². The van der Waals surface area contributed by atoms with Crippen molar-refractivity contribution >= 4 is 43.7 Å². The number of carbonyl (C=O) groups is 1. The predicted molar refractivity (Wildman–Crippen MR) is 126 cm³/mol. The first-order chi connectivity index (χ1) is 15.5. The highest BCUT2D eigenvalue weighted by Gasteiger charge is 2.26. The van der Waals surface area contributed by atoms with E-state index >= 15 is 0 Å². The molecule has 1 aromatic heterocycles. The molecule has 2 N–H and O–H groups in total. The fraction of sp³-hybridized carbons (Fsp3) is 0.125. The van der Waals surface area contributed by atoms with Crippen molar-refractivity contribution in [3.8, 4) is 5.75 Å². The van der Waals surface area contributed by atoms with E-state index in [1.165, 1.54) is 6.07 Å². The molecule has 8 heteroatoms. The lowest BCUT2D eigenvalue weighted by Gasteiger charge is -2.27. The molecular formula is C24H20N2O4S2. The Kier molecular flexibility index (Phi) is 5.32. The molecule has 1 amide bonds. The van der Waals surface area contributed by atoms with Gasteiger partial charge in [-0.1, -0.05) is 48.5 Å². The molecule has 0 fully saturated rings. The van der Waals surface area contributed by atoms with Crippen molar-refractivity contribution in [3.05, 3.63) is 89.3 Å². The van der Waals surface area contributed by atoms with Crippen molar-refractivity contribution in [1.82, 2.24) is 5.32 Å². The van der Waals surface area contributed by atoms with Crippen molar-refractivity contribution in [3.63, 3.8) is 0 Å². The van der Waals surface area contributed by atoms with E-state index in [2.05, 4.69) is 10.0 Å². The summed E-state index contributed by atoms with van der Waals surface area (Å²) in [5.41, 5.74) is 1.43. The smallest absolute Gasteiger partial charge is 0.271 e. The molecule has 0 bridgehead atoms. The van der Waals surface area contributed by atoms with E-state index in [9.17, 15) is 13.2 Å². The highest BCUT2D eigenvalue weighted by Crippen LogP contribution is 2.33. The molecule has 0 spiro atoms. The fourth-order valence-corrected chi connectivity index (χ4v) is 5.92. The second-order valence-corrected chi connectivity index (χ2v) is 10.3. The average molecular weight is 465 g/mol. The van der Waals surface area contributed by atoms with Crippen LogP contribution < -0.4 is 14.8 Å². The van der Waals surface area contributed by atoms with Crippen LogP contribution in [0.4, 0.5) is 5.69 Å². The Labute approximate surface area is 189 Å². The van der Waals surface area contributed by atoms with Crippen LogP contribution >= 0.6 is 11.3 Å². The molecule has 32 heavy (non-hydrogen) atoms. The number of fused-ring (bicyclic) bond motifs is 2. The summed E-state index contributed by atoms with van der Waals surface area (Å²) >= 11 is 1.12. The topological polar surface area (TPSA) is 84.5 Å². The third-order valence-electron chi connectivity index (χ3n) is 5.40. The first kappa shape index (κ1) is 20.5. The van der Waals surface area contributed by atoms with Crippen LogP contribution in [0.1, 0.15) is 28.4 Å². The number of rotatable bonds is 5. The lowest BCUT2D eigenvalue weighted by Crippen LogP contribution is -2.32. The summed E-state index contributed by atoms with van der Waals surface area (Å²) in [7, 11) is -3.81. The van der Waals surface area contributed by atoms with Gasteiger partial charge in [-0.25, -0.2) is 8.42 Å². The molecule has 1 aliphatic rings. The van der Waals surface area contributed by atoms with Gasteiger partial charge in [-0.15, -0.1) is 11.3 Å². The largest absolute Gasteiger partial charge is 0.493 e. The lowest BCUT2D eigenvalue weighted by molar-refractivity contribution is 0.0926. The van der Waals surface area contributed by atoms with Crippen LogP contribution in [0.2, 0.25) is 0 Å². The van der Waals surface area contributed by atoms with Crippen molar-refractivity contribution in [2.45, 2.75) is 16.7 Å². The number of anilines is 1. The van der Waals surface area contributed by atoms with Gasteiger partial charge in [-0.3, -0.25) is 9.52 Å². The SMILES string of the molecule is O=C(N[C@H]1CCOc2ccccc21)c1cc2ccccc2cc1NS(=O)(=O)c1cccs1. The van der Waals surface area contributed by atoms with Gasteiger partial charge < -0.3 is 10.1 Å². The minimum Gasteiger partial charge on any atom is -0.493 e. The van der Waals surface area contributed by atoms with Crippen LogP contribution in [-0.2, 0) is 10.0 Å². The maximum atomic E-state index is 13.4. The van der Waals surface area contributed by atoms with Gasteiger partial charge in [0, 0.05) is 12.0 Å². The Hall–Kier alpha value is -3.36. The Morgan fingerprint density at radius 1 is 0.969 bits per heavy atom. The molecule has 1 aliphatic heterocycles. The Morgan fingerprint density at radius 2 is 1.72 bits per heavy atom. The van der Waals surface area contributed by atoms with E-state index in [-0.39, 0.29) is 27.4 Å². The number of thiophene rings is 1. The molecule has 0 unspecified atom stereocenters. The number of carbonyl (C=O) groups excluding carboxylic acids is 1. The summed E-state index contributed by atoms with van der Waals surface area (Å²) in [6.07, 6.45) is 0.632. The van der Waals surface area contributed by atoms with Crippen LogP contribution in [0, 0.1) is 0 Å². The normalized spacial score (nSPS) is 15.6. The third-order valence-corrected chi connectivity index (χ3v) is 8.16. The summed E-state index contributed by atoms with van der Waals surface area (Å²) in [5, 5.41) is 6.45. The summed E-state index contributed by atoms with van der Waals surface area (Å²) in [5.74, 6) is 0.405. The van der Waals surface area contributed by atoms with Crippen molar-refractivity contribution in [2.75, 3.05) is 11.3 Å². The Bertz CT molecular complexity index is 1400. The molecule has 162 valence electrons. The first-order valence-corrected chi connectivity index (χ1v) is 12.5. The minimum absolute atomic E-state index is 0.190. The fourth-order valence-electron chi connectivity index (χ4n) is 3.85. The molecule has 0 saturated heterocycles. The number of hydrogen-bond donors (Lipinski definition) is 2. The summed E-state index contributed by atoms with van der Waals surface area (Å²) in [6.45, 7) is 0.498. The van der Waals surface area contributed by atoms with Crippen molar-refractivity contribution in [1.29, 1.82) is 0 Å². The Morgan fingerprint density at radius 3 is 2.50 bits per heavy atom. The van der Waals surface area contributed by atoms with Gasteiger partial charge in [0.1, 0.15) is 9.96 Å². The van der Waals surface area contributed by atoms with Crippen LogP contribution in [-0.4, -0.2) is 20.9 Å². The van der Waals surface area contributed by atoms with Crippen LogP contribution in [0.25, 0.3) is 10.8 Å². The number of nitrogens with one attached hydrogen (secondary N) is 2. The lowest BCUT2D eigenvalue weighted by atomic mass is 9.99. The molecule has 2 heterocycles. The number of benzene rings is 3. The monoisotopic (exact) mass is 464 g/mol. The van der Waals surface area contributed by atoms with E-state index in [1.54, 1.807) is 23.6 Å². The van der Waals surface area contributed by atoms with Crippen LogP contribution in [0.15, 0.2) is 82.4 Å². The number of ether oxygens (including phenoxy) is 1. The zero-order chi connectivity index (χ0) is 22.1. The van der Waals surface area contributed by atoms with Crippen molar-refractivity contribution in [2.24, 2.45) is 0 Å². The average Bonchev–Trinajstić information content (AvgIpc) is 3.35. The van der Waals surface area contributed by atoms with Gasteiger partial charge >= 0.3 is 0 Å². The highest BCUT2D eigenvalue weighted by atomic mass is 32.2. The minimum atomic E-state index is -3.81. The van der Waals surface area contributed by atoms with Gasteiger partial charge in [0.15, 0.2) is 0 Å². The number of sulfonamides is 1. The molecule has 6 nitrogen and oxygen atoms in total. The van der Waals surface area contributed by atoms with Crippen LogP contribution in [0.3, 0.4) is 0 Å². The van der Waals surface area contributed by atoms with Crippen LogP contribution in [0.5, 0.6) is 5.75 Å². The van der Waals surface area contributed by atoms with E-state index in [0.29, 0.717) is 13.0 Å². The Balaban J connectivity index is 1.53. The quantitative estimate of drug-likeness (QED) is 0.437. The molecule has 1 atom stereocenters. The molecule has 0 aliphatic carbocycles.